The summed E-state index contributed by atoms with van der Waals surface area (Å²) in [6.45, 7) is 0. The van der Waals surface area contributed by atoms with Crippen LogP contribution in [0.1, 0.15) is 0 Å². The SMILES string of the molecule is c1ccc(-c2nc(-c3ccccc3)nc(-n3c4ccccc4c4cc5c(cc43)oc3ccc(-c4ccc(N(c6cccc(-c7ccccn7)c6)c6cccc(-c7ccccn7)c6)s4)cc35)n2)cc1. The summed E-state index contributed by atoms with van der Waals surface area (Å²) >= 11 is 1.75. The molecule has 0 saturated heterocycles. The van der Waals surface area contributed by atoms with Crippen molar-refractivity contribution in [2.75, 3.05) is 4.90 Å². The number of fused-ring (bicyclic) bond motifs is 6. The van der Waals surface area contributed by atoms with Crippen LogP contribution in [0.3, 0.4) is 0 Å². The van der Waals surface area contributed by atoms with E-state index in [1.54, 1.807) is 11.3 Å². The Morgan fingerprint density at radius 3 is 1.65 bits per heavy atom. The lowest BCUT2D eigenvalue weighted by Gasteiger charge is -2.24. The molecule has 0 aliphatic rings. The lowest BCUT2D eigenvalue weighted by molar-refractivity contribution is 0.669. The molecule has 0 saturated carbocycles. The lowest BCUT2D eigenvalue weighted by atomic mass is 10.1. The molecule has 8 nitrogen and oxygen atoms in total. The first kappa shape index (κ1) is 39.3. The number of anilines is 3. The Morgan fingerprint density at radius 2 is 1.00 bits per heavy atom. The van der Waals surface area contributed by atoms with Crippen LogP contribution in [0.15, 0.2) is 229 Å². The molecule has 0 amide bonds. The minimum absolute atomic E-state index is 0.538. The second-order valence-electron chi connectivity index (χ2n) is 16.5. The molecule has 0 aliphatic heterocycles. The van der Waals surface area contributed by atoms with E-state index in [-0.39, 0.29) is 0 Å². The van der Waals surface area contributed by atoms with Gasteiger partial charge in [0.1, 0.15) is 16.2 Å². The fourth-order valence-corrected chi connectivity index (χ4v) is 10.2. The summed E-state index contributed by atoms with van der Waals surface area (Å²) in [6, 6.07) is 73.1. The molecular formula is C59H37N7OS. The number of furan rings is 1. The summed E-state index contributed by atoms with van der Waals surface area (Å²) in [5.41, 5.74) is 12.5. The highest BCUT2D eigenvalue weighted by Gasteiger charge is 2.22. The van der Waals surface area contributed by atoms with Crippen molar-refractivity contribution in [1.82, 2.24) is 29.5 Å². The lowest BCUT2D eigenvalue weighted by Crippen LogP contribution is -2.08. The van der Waals surface area contributed by atoms with Crippen molar-refractivity contribution in [3.05, 3.63) is 225 Å². The summed E-state index contributed by atoms with van der Waals surface area (Å²) in [7, 11) is 0. The number of benzene rings is 7. The molecule has 0 atom stereocenters. The Labute approximate surface area is 394 Å². The van der Waals surface area contributed by atoms with E-state index >= 15 is 0 Å². The van der Waals surface area contributed by atoms with Crippen molar-refractivity contribution in [3.63, 3.8) is 0 Å². The van der Waals surface area contributed by atoms with Gasteiger partial charge in [0.25, 0.3) is 0 Å². The van der Waals surface area contributed by atoms with E-state index in [0.717, 1.165) is 104 Å². The fourth-order valence-electron chi connectivity index (χ4n) is 9.19. The van der Waals surface area contributed by atoms with E-state index in [1.165, 1.54) is 0 Å². The maximum absolute atomic E-state index is 6.70. The molecule has 0 spiro atoms. The van der Waals surface area contributed by atoms with Crippen molar-refractivity contribution in [3.8, 4) is 61.7 Å². The first-order valence-electron chi connectivity index (χ1n) is 22.4. The molecule has 13 aromatic rings. The van der Waals surface area contributed by atoms with Crippen LogP contribution in [0.2, 0.25) is 0 Å². The van der Waals surface area contributed by atoms with Gasteiger partial charge in [-0.25, -0.2) is 4.98 Å². The van der Waals surface area contributed by atoms with Crippen molar-refractivity contribution in [2.45, 2.75) is 0 Å². The Bertz CT molecular complexity index is 3840. The Hall–Kier alpha value is -9.05. The van der Waals surface area contributed by atoms with Crippen molar-refractivity contribution in [2.24, 2.45) is 0 Å². The van der Waals surface area contributed by atoms with Crippen LogP contribution < -0.4 is 4.90 Å². The molecule has 0 radical (unpaired) electrons. The normalized spacial score (nSPS) is 11.5. The number of rotatable bonds is 9. The van der Waals surface area contributed by atoms with E-state index < -0.39 is 0 Å². The average Bonchev–Trinajstić information content (AvgIpc) is 4.13. The van der Waals surface area contributed by atoms with Gasteiger partial charge in [-0.1, -0.05) is 115 Å². The molecule has 0 fully saturated rings. The minimum atomic E-state index is 0.538. The van der Waals surface area contributed by atoms with E-state index in [4.69, 9.17) is 19.4 Å². The summed E-state index contributed by atoms with van der Waals surface area (Å²) in [6.07, 6.45) is 3.67. The van der Waals surface area contributed by atoms with Gasteiger partial charge in [0.2, 0.25) is 5.95 Å². The maximum Gasteiger partial charge on any atom is 0.238 e. The van der Waals surface area contributed by atoms with Crippen LogP contribution in [0, 0.1) is 0 Å². The highest BCUT2D eigenvalue weighted by molar-refractivity contribution is 7.19. The van der Waals surface area contributed by atoms with Crippen LogP contribution in [-0.4, -0.2) is 29.5 Å². The number of nitrogens with zero attached hydrogens (tertiary/aromatic N) is 7. The topological polar surface area (TPSA) is 85.8 Å². The van der Waals surface area contributed by atoms with Gasteiger partial charge in [0.05, 0.1) is 22.4 Å². The Balaban J connectivity index is 0.932. The van der Waals surface area contributed by atoms with Gasteiger partial charge in [-0.2, -0.15) is 9.97 Å². The summed E-state index contributed by atoms with van der Waals surface area (Å²) in [5.74, 6) is 1.75. The second-order valence-corrected chi connectivity index (χ2v) is 17.6. The largest absolute Gasteiger partial charge is 0.456 e. The third-order valence-corrected chi connectivity index (χ3v) is 13.5. The van der Waals surface area contributed by atoms with Crippen molar-refractivity contribution in [1.29, 1.82) is 0 Å². The minimum Gasteiger partial charge on any atom is -0.456 e. The molecule has 9 heteroatoms. The zero-order chi connectivity index (χ0) is 45.0. The third-order valence-electron chi connectivity index (χ3n) is 12.4. The molecule has 7 aromatic carbocycles. The standard InChI is InChI=1S/C59H37N7OS/c1-3-15-38(16-4-1)57-62-58(39-17-5-2-6-18-39)64-59(63-57)66-51-26-8-7-23-45(51)46-36-48-47-35-42(27-28-53(47)67-54(48)37-52(46)66)55-29-30-56(68-55)65(43-21-13-19-40(33-43)49-24-9-11-31-60-49)44-22-14-20-41(34-44)50-25-10-12-32-61-50/h1-37H. The van der Waals surface area contributed by atoms with Gasteiger partial charge in [-0.05, 0) is 96.6 Å². The molecule has 0 bridgehead atoms. The first-order chi connectivity index (χ1) is 33.7. The van der Waals surface area contributed by atoms with Crippen LogP contribution >= 0.6 is 11.3 Å². The van der Waals surface area contributed by atoms with Crippen LogP contribution in [-0.2, 0) is 0 Å². The summed E-state index contributed by atoms with van der Waals surface area (Å²) < 4.78 is 8.84. The first-order valence-corrected chi connectivity index (χ1v) is 23.2. The van der Waals surface area contributed by atoms with Crippen LogP contribution in [0.25, 0.3) is 105 Å². The Kier molecular flexibility index (Phi) is 9.50. The predicted octanol–water partition coefficient (Wildman–Crippen LogP) is 15.5. The van der Waals surface area contributed by atoms with Gasteiger partial charge in [0.15, 0.2) is 11.6 Å². The molecule has 68 heavy (non-hydrogen) atoms. The van der Waals surface area contributed by atoms with E-state index in [9.17, 15) is 0 Å². The second kappa shape index (κ2) is 16.4. The third kappa shape index (κ3) is 6.97. The number of hydrogen-bond donors (Lipinski definition) is 0. The molecular weight excluding hydrogens is 855 g/mol. The Morgan fingerprint density at radius 1 is 0.397 bits per heavy atom. The molecule has 0 N–H and O–H groups in total. The van der Waals surface area contributed by atoms with E-state index in [0.29, 0.717) is 17.6 Å². The number of hydrogen-bond acceptors (Lipinski definition) is 8. The number of pyridine rings is 2. The van der Waals surface area contributed by atoms with Crippen LogP contribution in [0.4, 0.5) is 16.4 Å². The highest BCUT2D eigenvalue weighted by atomic mass is 32.1. The van der Waals surface area contributed by atoms with Gasteiger partial charge in [-0.3, -0.25) is 14.5 Å². The zero-order valence-electron chi connectivity index (χ0n) is 36.3. The van der Waals surface area contributed by atoms with Crippen molar-refractivity contribution >= 4 is 71.5 Å². The number of thiophene rings is 1. The van der Waals surface area contributed by atoms with Crippen molar-refractivity contribution < 1.29 is 4.42 Å². The molecule has 0 unspecified atom stereocenters. The zero-order valence-corrected chi connectivity index (χ0v) is 37.1. The highest BCUT2D eigenvalue weighted by Crippen LogP contribution is 2.45. The number of para-hydroxylation sites is 1. The van der Waals surface area contributed by atoms with Gasteiger partial charge >= 0.3 is 0 Å². The molecule has 6 heterocycles. The monoisotopic (exact) mass is 891 g/mol. The molecule has 6 aromatic heterocycles. The van der Waals surface area contributed by atoms with E-state index in [1.807, 2.05) is 109 Å². The predicted molar refractivity (Wildman–Crippen MR) is 277 cm³/mol. The molecule has 0 aliphatic carbocycles. The van der Waals surface area contributed by atoms with Gasteiger partial charge in [-0.15, -0.1) is 11.3 Å². The molecule has 13 rings (SSSR count). The summed E-state index contributed by atoms with van der Waals surface area (Å²) in [5, 5.41) is 5.34. The average molecular weight is 892 g/mol. The maximum atomic E-state index is 6.70. The summed E-state index contributed by atoms with van der Waals surface area (Å²) in [4.78, 5) is 28.0. The number of aromatic nitrogens is 6. The smallest absolute Gasteiger partial charge is 0.238 e. The van der Waals surface area contributed by atoms with Crippen LogP contribution in [0.5, 0.6) is 0 Å². The van der Waals surface area contributed by atoms with Gasteiger partial charge in [0, 0.05) is 78.5 Å². The van der Waals surface area contributed by atoms with Gasteiger partial charge < -0.3 is 9.32 Å². The quantitative estimate of drug-likeness (QED) is 0.143. The fraction of sp³-hybridized carbons (Fsp3) is 0. The van der Waals surface area contributed by atoms with E-state index in [2.05, 4.69) is 135 Å². The molecule has 320 valence electrons.